The minimum Gasteiger partial charge on any atom is -0.409 e. The maximum Gasteiger partial charge on any atom is 0.337 e. The zero-order valence-corrected chi connectivity index (χ0v) is 11.5. The molecule has 0 aliphatic rings. The van der Waals surface area contributed by atoms with Crippen molar-refractivity contribution in [3.05, 3.63) is 50.1 Å². The van der Waals surface area contributed by atoms with Crippen LogP contribution in [-0.4, -0.2) is 36.3 Å². The second kappa shape index (κ2) is 7.67. The van der Waals surface area contributed by atoms with Crippen molar-refractivity contribution in [3.8, 4) is 0 Å². The lowest BCUT2D eigenvalue weighted by molar-refractivity contribution is -0.952. The highest BCUT2D eigenvalue weighted by molar-refractivity contribution is 5.86. The van der Waals surface area contributed by atoms with Crippen LogP contribution in [0.2, 0.25) is 0 Å². The van der Waals surface area contributed by atoms with E-state index >= 15 is 0 Å². The smallest absolute Gasteiger partial charge is 0.337 e. The van der Waals surface area contributed by atoms with Gasteiger partial charge < -0.3 is 4.74 Å². The third-order valence-electron chi connectivity index (χ3n) is 2.88. The summed E-state index contributed by atoms with van der Waals surface area (Å²) >= 11 is 0. The first-order valence-electron chi connectivity index (χ1n) is 5.98. The molecule has 0 aromatic rings. The molecule has 0 aliphatic heterocycles. The van der Waals surface area contributed by atoms with E-state index in [-0.39, 0.29) is 12.2 Å². The maximum absolute atomic E-state index is 11.6. The van der Waals surface area contributed by atoms with E-state index in [1.807, 2.05) is 25.2 Å². The molecule has 3 heteroatoms. The van der Waals surface area contributed by atoms with Crippen LogP contribution in [0.3, 0.4) is 0 Å². The Morgan fingerprint density at radius 3 is 1.83 bits per heavy atom. The fourth-order valence-electron chi connectivity index (χ4n) is 1.81. The van der Waals surface area contributed by atoms with Crippen molar-refractivity contribution in [1.82, 2.24) is 0 Å². The Morgan fingerprint density at radius 2 is 1.56 bits per heavy atom. The fraction of sp³-hybridized carbons (Fsp3) is 0.400. The molecule has 0 aliphatic carbocycles. The van der Waals surface area contributed by atoms with Gasteiger partial charge in [0.1, 0.15) is 19.6 Å². The number of hydrogen-bond donors (Lipinski definition) is 0. The van der Waals surface area contributed by atoms with Crippen LogP contribution in [0.4, 0.5) is 0 Å². The summed E-state index contributed by atoms with van der Waals surface area (Å²) in [4.78, 5) is 11.6. The van der Waals surface area contributed by atoms with Crippen LogP contribution >= 0.6 is 0 Å². The summed E-state index contributed by atoms with van der Waals surface area (Å²) in [6, 6.07) is 0. The van der Waals surface area contributed by atoms with Crippen molar-refractivity contribution < 1.29 is 14.0 Å². The van der Waals surface area contributed by atoms with E-state index in [1.54, 1.807) is 6.92 Å². The molecule has 0 saturated carbocycles. The highest BCUT2D eigenvalue weighted by Gasteiger charge is 2.33. The average Bonchev–Trinajstić information content (AvgIpc) is 2.29. The summed E-state index contributed by atoms with van der Waals surface area (Å²) < 4.78 is 5.95. The Morgan fingerprint density at radius 1 is 1.17 bits per heavy atom. The Bertz CT molecular complexity index is 318. The first-order chi connectivity index (χ1) is 8.43. The highest BCUT2D eigenvalue weighted by Crippen LogP contribution is 2.17. The summed E-state index contributed by atoms with van der Waals surface area (Å²) in [5.74, 6) is -0.373. The Hall–Kier alpha value is -1.61. The molecule has 0 radical (unpaired) electrons. The number of ether oxygens (including phenoxy) is 1. The second-order valence-electron chi connectivity index (χ2n) is 4.42. The van der Waals surface area contributed by atoms with Crippen LogP contribution in [0.25, 0.3) is 0 Å². The zero-order valence-electron chi connectivity index (χ0n) is 11.5. The molecule has 0 heterocycles. The SMILES string of the molecule is C=CC[N+](CC=C)(CC=C)C(C)OC(=O)C(=C)C. The number of carbonyl (C=O) groups excluding carboxylic acids is 1. The number of quaternary nitrogens is 1. The van der Waals surface area contributed by atoms with E-state index < -0.39 is 0 Å². The van der Waals surface area contributed by atoms with Crippen molar-refractivity contribution in [2.45, 2.75) is 20.1 Å². The predicted octanol–water partition coefficient (Wildman–Crippen LogP) is 2.83. The van der Waals surface area contributed by atoms with Crippen LogP contribution in [0.1, 0.15) is 13.8 Å². The molecular weight excluding hydrogens is 226 g/mol. The standard InChI is InChI=1S/C15H24NO2/c1-7-10-16(11-8-2,12-9-3)14(6)18-15(17)13(4)5/h7-9,14H,1-4,10-12H2,5-6H3/q+1. The second-order valence-corrected chi connectivity index (χ2v) is 4.42. The Balaban J connectivity index is 5.06. The molecule has 100 valence electrons. The summed E-state index contributed by atoms with van der Waals surface area (Å²) in [6.07, 6.45) is 5.15. The first-order valence-corrected chi connectivity index (χ1v) is 5.98. The number of carbonyl (C=O) groups is 1. The van der Waals surface area contributed by atoms with Gasteiger partial charge >= 0.3 is 5.97 Å². The van der Waals surface area contributed by atoms with Gasteiger partial charge in [0.25, 0.3) is 0 Å². The number of esters is 1. The van der Waals surface area contributed by atoms with Gasteiger partial charge in [0, 0.05) is 12.5 Å². The Kier molecular flexibility index (Phi) is 6.98. The number of hydrogen-bond acceptors (Lipinski definition) is 2. The maximum atomic E-state index is 11.6. The van der Waals surface area contributed by atoms with E-state index in [2.05, 4.69) is 26.3 Å². The lowest BCUT2D eigenvalue weighted by Gasteiger charge is -2.40. The van der Waals surface area contributed by atoms with Crippen molar-refractivity contribution in [2.75, 3.05) is 19.6 Å². The molecule has 1 atom stereocenters. The van der Waals surface area contributed by atoms with Crippen molar-refractivity contribution >= 4 is 5.97 Å². The van der Waals surface area contributed by atoms with Crippen LogP contribution in [0.15, 0.2) is 50.1 Å². The molecule has 3 nitrogen and oxygen atoms in total. The minimum absolute atomic E-state index is 0.303. The normalized spacial score (nSPS) is 12.3. The Labute approximate surface area is 110 Å². The molecule has 0 fully saturated rings. The van der Waals surface area contributed by atoms with E-state index in [9.17, 15) is 4.79 Å². The van der Waals surface area contributed by atoms with Crippen molar-refractivity contribution in [3.63, 3.8) is 0 Å². The van der Waals surface area contributed by atoms with Gasteiger partial charge in [0.15, 0.2) is 0 Å². The van der Waals surface area contributed by atoms with Gasteiger partial charge in [-0.05, 0) is 25.2 Å². The molecule has 1 unspecified atom stereocenters. The molecule has 0 amide bonds. The van der Waals surface area contributed by atoms with Gasteiger partial charge in [-0.15, -0.1) is 0 Å². The summed E-state index contributed by atoms with van der Waals surface area (Å²) in [5.41, 5.74) is 0.399. The lowest BCUT2D eigenvalue weighted by Crippen LogP contribution is -2.56. The quantitative estimate of drug-likeness (QED) is 0.207. The lowest BCUT2D eigenvalue weighted by atomic mass is 10.2. The number of nitrogens with zero attached hydrogens (tertiary/aromatic N) is 1. The third-order valence-corrected chi connectivity index (χ3v) is 2.88. The summed E-state index contributed by atoms with van der Waals surface area (Å²) in [6.45, 7) is 20.4. The van der Waals surface area contributed by atoms with Gasteiger partial charge in [-0.3, -0.25) is 4.48 Å². The van der Waals surface area contributed by atoms with Gasteiger partial charge in [-0.1, -0.05) is 26.3 Å². The van der Waals surface area contributed by atoms with Crippen LogP contribution < -0.4 is 0 Å². The molecule has 0 aromatic carbocycles. The molecular formula is C15H24NO2+. The van der Waals surface area contributed by atoms with Crippen molar-refractivity contribution in [2.24, 2.45) is 0 Å². The van der Waals surface area contributed by atoms with E-state index in [0.29, 0.717) is 29.7 Å². The van der Waals surface area contributed by atoms with Gasteiger partial charge in [-0.2, -0.15) is 0 Å². The van der Waals surface area contributed by atoms with E-state index in [4.69, 9.17) is 4.74 Å². The first kappa shape index (κ1) is 16.4. The minimum atomic E-state index is -0.373. The fourth-order valence-corrected chi connectivity index (χ4v) is 1.81. The number of rotatable bonds is 9. The van der Waals surface area contributed by atoms with Gasteiger partial charge in [-0.25, -0.2) is 4.79 Å². The van der Waals surface area contributed by atoms with Crippen molar-refractivity contribution in [1.29, 1.82) is 0 Å². The molecule has 0 saturated heterocycles. The largest absolute Gasteiger partial charge is 0.409 e. The zero-order chi connectivity index (χ0) is 14.2. The highest BCUT2D eigenvalue weighted by atomic mass is 16.6. The van der Waals surface area contributed by atoms with E-state index in [0.717, 1.165) is 0 Å². The average molecular weight is 250 g/mol. The molecule has 18 heavy (non-hydrogen) atoms. The van der Waals surface area contributed by atoms with E-state index in [1.165, 1.54) is 0 Å². The topological polar surface area (TPSA) is 26.3 Å². The van der Waals surface area contributed by atoms with Crippen LogP contribution in [-0.2, 0) is 9.53 Å². The molecule has 0 bridgehead atoms. The summed E-state index contributed by atoms with van der Waals surface area (Å²) in [7, 11) is 0. The monoisotopic (exact) mass is 250 g/mol. The molecule has 0 spiro atoms. The molecule has 0 N–H and O–H groups in total. The van der Waals surface area contributed by atoms with Gasteiger partial charge in [0.05, 0.1) is 0 Å². The predicted molar refractivity (Wildman–Crippen MR) is 75.8 cm³/mol. The van der Waals surface area contributed by atoms with Crippen LogP contribution in [0.5, 0.6) is 0 Å². The van der Waals surface area contributed by atoms with Crippen LogP contribution in [0, 0.1) is 0 Å². The summed E-state index contributed by atoms with van der Waals surface area (Å²) in [5, 5.41) is 0. The molecule has 0 rings (SSSR count). The van der Waals surface area contributed by atoms with Gasteiger partial charge in [0.2, 0.25) is 6.23 Å². The third kappa shape index (κ3) is 4.34. The molecule has 0 aromatic heterocycles.